The van der Waals surface area contributed by atoms with Gasteiger partial charge in [-0.1, -0.05) is 18.2 Å². The molecule has 7 heteroatoms. The average molecular weight is 396 g/mol. The molecule has 2 saturated heterocycles. The van der Waals surface area contributed by atoms with Crippen LogP contribution in [0.4, 0.5) is 5.69 Å². The fourth-order valence-corrected chi connectivity index (χ4v) is 4.12. The molecular formula is C22H29N5O2. The summed E-state index contributed by atoms with van der Waals surface area (Å²) >= 11 is 0. The zero-order chi connectivity index (χ0) is 20.1. The van der Waals surface area contributed by atoms with Crippen LogP contribution in [0.15, 0.2) is 58.1 Å². The van der Waals surface area contributed by atoms with Gasteiger partial charge in [-0.25, -0.2) is 0 Å². The molecule has 0 saturated carbocycles. The maximum Gasteiger partial charge on any atom is 0.289 e. The fourth-order valence-electron chi connectivity index (χ4n) is 4.12. The Morgan fingerprint density at radius 1 is 1.07 bits per heavy atom. The van der Waals surface area contributed by atoms with Crippen molar-refractivity contribution < 1.29 is 9.21 Å². The molecular weight excluding hydrogens is 366 g/mol. The molecule has 0 spiro atoms. The Kier molecular flexibility index (Phi) is 6.03. The average Bonchev–Trinajstić information content (AvgIpc) is 3.47. The van der Waals surface area contributed by atoms with Crippen LogP contribution in [0, 0.1) is 5.92 Å². The lowest BCUT2D eigenvalue weighted by molar-refractivity contribution is 0.0657. The Labute approximate surface area is 172 Å². The van der Waals surface area contributed by atoms with Crippen molar-refractivity contribution in [1.29, 1.82) is 0 Å². The molecule has 7 nitrogen and oxygen atoms in total. The van der Waals surface area contributed by atoms with E-state index in [0.717, 1.165) is 38.7 Å². The van der Waals surface area contributed by atoms with Crippen molar-refractivity contribution in [2.45, 2.75) is 6.42 Å². The minimum absolute atomic E-state index is 0.0374. The third-order valence-corrected chi connectivity index (χ3v) is 5.77. The Bertz CT molecular complexity index is 813. The van der Waals surface area contributed by atoms with Gasteiger partial charge < -0.3 is 24.4 Å². The monoisotopic (exact) mass is 395 g/mol. The molecule has 2 aliphatic heterocycles. The topological polar surface area (TPSA) is 64.3 Å². The molecule has 2 aliphatic rings. The summed E-state index contributed by atoms with van der Waals surface area (Å²) < 4.78 is 5.24. The lowest BCUT2D eigenvalue weighted by Gasteiger charge is -2.36. The predicted octanol–water partition coefficient (Wildman–Crippen LogP) is 2.14. The Morgan fingerprint density at radius 3 is 2.52 bits per heavy atom. The van der Waals surface area contributed by atoms with Crippen molar-refractivity contribution in [2.75, 3.05) is 57.8 Å². The van der Waals surface area contributed by atoms with Gasteiger partial charge in [0, 0.05) is 58.5 Å². The van der Waals surface area contributed by atoms with E-state index in [2.05, 4.69) is 50.4 Å². The number of benzene rings is 1. The number of furan rings is 1. The van der Waals surface area contributed by atoms with Gasteiger partial charge in [0.1, 0.15) is 0 Å². The molecule has 1 amide bonds. The second-order valence-corrected chi connectivity index (χ2v) is 7.62. The summed E-state index contributed by atoms with van der Waals surface area (Å²) in [4.78, 5) is 23.4. The lowest BCUT2D eigenvalue weighted by atomic mass is 10.1. The minimum atomic E-state index is -0.0374. The van der Waals surface area contributed by atoms with E-state index in [1.165, 1.54) is 18.4 Å². The van der Waals surface area contributed by atoms with Crippen LogP contribution in [0.2, 0.25) is 0 Å². The summed E-state index contributed by atoms with van der Waals surface area (Å²) in [5, 5.41) is 3.55. The van der Waals surface area contributed by atoms with Gasteiger partial charge in [-0.05, 0) is 36.6 Å². The van der Waals surface area contributed by atoms with Crippen LogP contribution in [0.3, 0.4) is 0 Å². The van der Waals surface area contributed by atoms with E-state index in [0.29, 0.717) is 24.8 Å². The summed E-state index contributed by atoms with van der Waals surface area (Å²) in [6.45, 7) is 5.97. The number of hydrogen-bond donors (Lipinski definition) is 1. The molecule has 0 radical (unpaired) electrons. The number of guanidine groups is 1. The third-order valence-electron chi connectivity index (χ3n) is 5.77. The Hall–Kier alpha value is -2.96. The molecule has 2 aromatic rings. The summed E-state index contributed by atoms with van der Waals surface area (Å²) in [5.74, 6) is 1.90. The van der Waals surface area contributed by atoms with Gasteiger partial charge in [0.05, 0.1) is 6.26 Å². The number of rotatable bonds is 4. The van der Waals surface area contributed by atoms with E-state index in [1.54, 1.807) is 12.1 Å². The SMILES string of the molecule is CN=C(NCC1CCN(c2ccccc2)C1)N1CCN(C(=O)c2ccco2)CC1. The van der Waals surface area contributed by atoms with Crippen LogP contribution in [-0.4, -0.2) is 74.5 Å². The van der Waals surface area contributed by atoms with Crippen molar-refractivity contribution in [3.05, 3.63) is 54.5 Å². The van der Waals surface area contributed by atoms with Crippen molar-refractivity contribution in [1.82, 2.24) is 15.1 Å². The van der Waals surface area contributed by atoms with Crippen molar-refractivity contribution >= 4 is 17.6 Å². The van der Waals surface area contributed by atoms with Gasteiger partial charge in [-0.2, -0.15) is 0 Å². The molecule has 1 atom stereocenters. The maximum absolute atomic E-state index is 12.4. The highest BCUT2D eigenvalue weighted by Gasteiger charge is 2.27. The number of nitrogens with one attached hydrogen (secondary N) is 1. The Morgan fingerprint density at radius 2 is 1.83 bits per heavy atom. The van der Waals surface area contributed by atoms with Crippen LogP contribution in [0.1, 0.15) is 17.0 Å². The number of nitrogens with zero attached hydrogens (tertiary/aromatic N) is 4. The van der Waals surface area contributed by atoms with Crippen LogP contribution < -0.4 is 10.2 Å². The molecule has 1 unspecified atom stereocenters. The number of carbonyl (C=O) groups is 1. The molecule has 4 rings (SSSR count). The first kappa shape index (κ1) is 19.4. The standard InChI is InChI=1S/C22H29N5O2/c1-23-22(24-16-18-9-10-27(17-18)19-6-3-2-4-7-19)26-13-11-25(12-14-26)21(28)20-8-5-15-29-20/h2-8,15,18H,9-14,16-17H2,1H3,(H,23,24). The molecule has 0 bridgehead atoms. The first-order valence-corrected chi connectivity index (χ1v) is 10.3. The predicted molar refractivity (Wildman–Crippen MR) is 114 cm³/mol. The lowest BCUT2D eigenvalue weighted by Crippen LogP contribution is -2.54. The van der Waals surface area contributed by atoms with Gasteiger partial charge >= 0.3 is 0 Å². The fraction of sp³-hybridized carbons (Fsp3) is 0.455. The second-order valence-electron chi connectivity index (χ2n) is 7.62. The van der Waals surface area contributed by atoms with E-state index < -0.39 is 0 Å². The summed E-state index contributed by atoms with van der Waals surface area (Å²) in [7, 11) is 1.83. The first-order chi connectivity index (χ1) is 14.2. The number of hydrogen-bond acceptors (Lipinski definition) is 4. The molecule has 1 aromatic heterocycles. The number of amides is 1. The number of piperazine rings is 1. The summed E-state index contributed by atoms with van der Waals surface area (Å²) in [6, 6.07) is 14.1. The Balaban J connectivity index is 1.24. The van der Waals surface area contributed by atoms with Gasteiger partial charge in [-0.15, -0.1) is 0 Å². The van der Waals surface area contributed by atoms with Gasteiger partial charge in [0.15, 0.2) is 11.7 Å². The molecule has 154 valence electrons. The number of para-hydroxylation sites is 1. The van der Waals surface area contributed by atoms with Crippen molar-refractivity contribution in [3.8, 4) is 0 Å². The molecule has 0 aliphatic carbocycles. The van der Waals surface area contributed by atoms with E-state index in [1.807, 2.05) is 11.9 Å². The van der Waals surface area contributed by atoms with Crippen LogP contribution in [0.25, 0.3) is 0 Å². The number of aliphatic imine (C=N–C) groups is 1. The zero-order valence-corrected chi connectivity index (χ0v) is 17.0. The third kappa shape index (κ3) is 4.55. The first-order valence-electron chi connectivity index (χ1n) is 10.3. The van der Waals surface area contributed by atoms with E-state index in [4.69, 9.17) is 4.42 Å². The van der Waals surface area contributed by atoms with Crippen LogP contribution in [0.5, 0.6) is 0 Å². The number of anilines is 1. The molecule has 1 aromatic carbocycles. The van der Waals surface area contributed by atoms with Crippen molar-refractivity contribution in [3.63, 3.8) is 0 Å². The second kappa shape index (κ2) is 9.03. The molecule has 29 heavy (non-hydrogen) atoms. The highest BCUT2D eigenvalue weighted by Crippen LogP contribution is 2.23. The molecule has 1 N–H and O–H groups in total. The highest BCUT2D eigenvalue weighted by atomic mass is 16.3. The zero-order valence-electron chi connectivity index (χ0n) is 17.0. The van der Waals surface area contributed by atoms with Crippen molar-refractivity contribution in [2.24, 2.45) is 10.9 Å². The quantitative estimate of drug-likeness (QED) is 0.635. The summed E-state index contributed by atoms with van der Waals surface area (Å²) in [6.07, 6.45) is 2.72. The van der Waals surface area contributed by atoms with E-state index in [-0.39, 0.29) is 5.91 Å². The van der Waals surface area contributed by atoms with Gasteiger partial charge in [-0.3, -0.25) is 9.79 Å². The molecule has 3 heterocycles. The van der Waals surface area contributed by atoms with Gasteiger partial charge in [0.2, 0.25) is 0 Å². The van der Waals surface area contributed by atoms with Crippen LogP contribution in [-0.2, 0) is 0 Å². The van der Waals surface area contributed by atoms with E-state index in [9.17, 15) is 4.79 Å². The number of carbonyl (C=O) groups excluding carboxylic acids is 1. The smallest absolute Gasteiger partial charge is 0.289 e. The van der Waals surface area contributed by atoms with Crippen LogP contribution >= 0.6 is 0 Å². The van der Waals surface area contributed by atoms with Gasteiger partial charge in [0.25, 0.3) is 5.91 Å². The normalized spacial score (nSPS) is 20.2. The highest BCUT2D eigenvalue weighted by molar-refractivity contribution is 5.91. The minimum Gasteiger partial charge on any atom is -0.459 e. The largest absolute Gasteiger partial charge is 0.459 e. The van der Waals surface area contributed by atoms with E-state index >= 15 is 0 Å². The molecule has 2 fully saturated rings. The summed E-state index contributed by atoms with van der Waals surface area (Å²) in [5.41, 5.74) is 1.30. The maximum atomic E-state index is 12.4.